The highest BCUT2D eigenvalue weighted by Crippen LogP contribution is 2.12. The van der Waals surface area contributed by atoms with Gasteiger partial charge in [0.05, 0.1) is 11.8 Å². The smallest absolute Gasteiger partial charge is 0.214 e. The molecule has 0 saturated heterocycles. The van der Waals surface area contributed by atoms with E-state index in [2.05, 4.69) is 10.1 Å². The molecule has 2 aromatic heterocycles. The molecule has 17 heavy (non-hydrogen) atoms. The molecule has 0 unspecified atom stereocenters. The van der Waals surface area contributed by atoms with Crippen LogP contribution < -0.4 is 0 Å². The number of pyridine rings is 1. The van der Waals surface area contributed by atoms with E-state index in [-0.39, 0.29) is 5.78 Å². The number of ketones is 1. The summed E-state index contributed by atoms with van der Waals surface area (Å²) in [5.41, 5.74) is 3.06. The highest BCUT2D eigenvalue weighted by molar-refractivity contribution is 6.08. The Morgan fingerprint density at radius 3 is 2.71 bits per heavy atom. The summed E-state index contributed by atoms with van der Waals surface area (Å²) in [6.07, 6.45) is 5.06. The first kappa shape index (κ1) is 11.5. The first-order valence-electron chi connectivity index (χ1n) is 5.62. The van der Waals surface area contributed by atoms with Crippen molar-refractivity contribution >= 4 is 5.78 Å². The van der Waals surface area contributed by atoms with Crippen LogP contribution in [0.15, 0.2) is 24.7 Å². The van der Waals surface area contributed by atoms with Gasteiger partial charge in [-0.25, -0.2) is 0 Å². The SMILES string of the molecule is CCn1cc(C(=O)c2ncc(C)cc2C)cn1. The summed E-state index contributed by atoms with van der Waals surface area (Å²) < 4.78 is 1.73. The summed E-state index contributed by atoms with van der Waals surface area (Å²) in [6.45, 7) is 6.60. The molecule has 2 rings (SSSR count). The Labute approximate surface area is 100 Å². The summed E-state index contributed by atoms with van der Waals surface area (Å²) in [4.78, 5) is 16.4. The van der Waals surface area contributed by atoms with Crippen molar-refractivity contribution in [2.24, 2.45) is 0 Å². The van der Waals surface area contributed by atoms with E-state index in [0.717, 1.165) is 17.7 Å². The van der Waals surface area contributed by atoms with Gasteiger partial charge in [0.25, 0.3) is 0 Å². The van der Waals surface area contributed by atoms with Gasteiger partial charge in [-0.1, -0.05) is 6.07 Å². The molecule has 2 aromatic rings. The van der Waals surface area contributed by atoms with Gasteiger partial charge in [-0.05, 0) is 31.9 Å². The minimum absolute atomic E-state index is 0.0674. The number of carbonyl (C=O) groups is 1. The van der Waals surface area contributed by atoms with Gasteiger partial charge in [0, 0.05) is 18.9 Å². The van der Waals surface area contributed by atoms with Crippen molar-refractivity contribution in [2.45, 2.75) is 27.3 Å². The minimum Gasteiger partial charge on any atom is -0.287 e. The van der Waals surface area contributed by atoms with Crippen LogP contribution in [0.1, 0.15) is 34.1 Å². The van der Waals surface area contributed by atoms with E-state index < -0.39 is 0 Å². The van der Waals surface area contributed by atoms with Crippen molar-refractivity contribution in [1.29, 1.82) is 0 Å². The zero-order valence-corrected chi connectivity index (χ0v) is 10.3. The molecule has 0 amide bonds. The third-order valence-corrected chi connectivity index (χ3v) is 2.65. The third-order valence-electron chi connectivity index (χ3n) is 2.65. The van der Waals surface area contributed by atoms with Gasteiger partial charge in [-0.3, -0.25) is 14.5 Å². The number of nitrogens with zero attached hydrogens (tertiary/aromatic N) is 3. The predicted molar refractivity (Wildman–Crippen MR) is 65.0 cm³/mol. The lowest BCUT2D eigenvalue weighted by atomic mass is 10.1. The summed E-state index contributed by atoms with van der Waals surface area (Å²) >= 11 is 0. The molecule has 0 aliphatic rings. The van der Waals surface area contributed by atoms with E-state index in [0.29, 0.717) is 11.3 Å². The summed E-state index contributed by atoms with van der Waals surface area (Å²) in [6, 6.07) is 1.96. The topological polar surface area (TPSA) is 47.8 Å². The first-order chi connectivity index (χ1) is 8.11. The maximum absolute atomic E-state index is 12.2. The molecule has 0 saturated carbocycles. The standard InChI is InChI=1S/C13H15N3O/c1-4-16-8-11(7-15-16)13(17)12-10(3)5-9(2)6-14-12/h5-8H,4H2,1-3H3. The molecule has 0 N–H and O–H groups in total. The Morgan fingerprint density at radius 1 is 1.35 bits per heavy atom. The Kier molecular flexibility index (Phi) is 3.04. The van der Waals surface area contributed by atoms with E-state index in [1.807, 2.05) is 26.8 Å². The van der Waals surface area contributed by atoms with E-state index in [1.165, 1.54) is 0 Å². The zero-order chi connectivity index (χ0) is 12.4. The lowest BCUT2D eigenvalue weighted by molar-refractivity contribution is 0.103. The molecule has 0 aliphatic carbocycles. The third kappa shape index (κ3) is 2.25. The molecule has 0 spiro atoms. The fourth-order valence-corrected chi connectivity index (χ4v) is 1.74. The fraction of sp³-hybridized carbons (Fsp3) is 0.308. The van der Waals surface area contributed by atoms with Gasteiger partial charge in [-0.2, -0.15) is 5.10 Å². The Bertz CT molecular complexity index is 558. The van der Waals surface area contributed by atoms with Gasteiger partial charge >= 0.3 is 0 Å². The highest BCUT2D eigenvalue weighted by atomic mass is 16.1. The predicted octanol–water partition coefficient (Wildman–Crippen LogP) is 2.15. The van der Waals surface area contributed by atoms with Gasteiger partial charge in [-0.15, -0.1) is 0 Å². The van der Waals surface area contributed by atoms with Crippen molar-refractivity contribution in [2.75, 3.05) is 0 Å². The molecule has 0 fully saturated rings. The van der Waals surface area contributed by atoms with Crippen LogP contribution in [0.5, 0.6) is 0 Å². The molecule has 0 atom stereocenters. The van der Waals surface area contributed by atoms with E-state index in [1.54, 1.807) is 23.3 Å². The number of carbonyl (C=O) groups excluding carboxylic acids is 1. The Morgan fingerprint density at radius 2 is 2.12 bits per heavy atom. The van der Waals surface area contributed by atoms with Crippen LogP contribution >= 0.6 is 0 Å². The number of rotatable bonds is 3. The van der Waals surface area contributed by atoms with Crippen LogP contribution in [0.4, 0.5) is 0 Å². The molecule has 0 bridgehead atoms. The van der Waals surface area contributed by atoms with Crippen molar-refractivity contribution in [3.8, 4) is 0 Å². The second kappa shape index (κ2) is 4.49. The quantitative estimate of drug-likeness (QED) is 0.758. The van der Waals surface area contributed by atoms with E-state index in [4.69, 9.17) is 0 Å². The van der Waals surface area contributed by atoms with Crippen LogP contribution in [0.3, 0.4) is 0 Å². The summed E-state index contributed by atoms with van der Waals surface area (Å²) in [7, 11) is 0. The van der Waals surface area contributed by atoms with Crippen molar-refractivity contribution in [1.82, 2.24) is 14.8 Å². The molecule has 88 valence electrons. The second-order valence-electron chi connectivity index (χ2n) is 4.09. The molecule has 0 aliphatic heterocycles. The normalized spacial score (nSPS) is 10.5. The van der Waals surface area contributed by atoms with Gasteiger partial charge in [0.15, 0.2) is 0 Å². The number of hydrogen-bond acceptors (Lipinski definition) is 3. The van der Waals surface area contributed by atoms with Crippen molar-refractivity contribution in [3.05, 3.63) is 47.0 Å². The number of aromatic nitrogens is 3. The highest BCUT2D eigenvalue weighted by Gasteiger charge is 2.14. The molecule has 0 radical (unpaired) electrons. The zero-order valence-electron chi connectivity index (χ0n) is 10.3. The maximum atomic E-state index is 12.2. The number of aryl methyl sites for hydroxylation is 3. The van der Waals surface area contributed by atoms with Crippen LogP contribution in [-0.2, 0) is 6.54 Å². The lowest BCUT2D eigenvalue weighted by Gasteiger charge is -2.02. The summed E-state index contributed by atoms with van der Waals surface area (Å²) in [5, 5.41) is 4.10. The molecule has 4 nitrogen and oxygen atoms in total. The molecule has 2 heterocycles. The minimum atomic E-state index is -0.0674. The van der Waals surface area contributed by atoms with Crippen LogP contribution in [-0.4, -0.2) is 20.5 Å². The molecular weight excluding hydrogens is 214 g/mol. The van der Waals surface area contributed by atoms with Crippen molar-refractivity contribution < 1.29 is 4.79 Å². The first-order valence-corrected chi connectivity index (χ1v) is 5.62. The lowest BCUT2D eigenvalue weighted by Crippen LogP contribution is -2.06. The van der Waals surface area contributed by atoms with Crippen LogP contribution in [0, 0.1) is 13.8 Å². The average molecular weight is 229 g/mol. The average Bonchev–Trinajstić information content (AvgIpc) is 2.76. The molecule has 0 aromatic carbocycles. The van der Waals surface area contributed by atoms with Crippen LogP contribution in [0.2, 0.25) is 0 Å². The monoisotopic (exact) mass is 229 g/mol. The van der Waals surface area contributed by atoms with Crippen molar-refractivity contribution in [3.63, 3.8) is 0 Å². The van der Waals surface area contributed by atoms with E-state index in [9.17, 15) is 4.79 Å². The van der Waals surface area contributed by atoms with Crippen LogP contribution in [0.25, 0.3) is 0 Å². The Hall–Kier alpha value is -1.97. The molecule has 4 heteroatoms. The fourth-order valence-electron chi connectivity index (χ4n) is 1.74. The number of hydrogen-bond donors (Lipinski definition) is 0. The Balaban J connectivity index is 2.36. The molecular formula is C13H15N3O. The maximum Gasteiger partial charge on any atom is 0.214 e. The summed E-state index contributed by atoms with van der Waals surface area (Å²) in [5.74, 6) is -0.0674. The van der Waals surface area contributed by atoms with Gasteiger partial charge in [0.2, 0.25) is 5.78 Å². The van der Waals surface area contributed by atoms with Gasteiger partial charge < -0.3 is 0 Å². The van der Waals surface area contributed by atoms with Gasteiger partial charge in [0.1, 0.15) is 5.69 Å². The van der Waals surface area contributed by atoms with E-state index >= 15 is 0 Å². The second-order valence-corrected chi connectivity index (χ2v) is 4.09. The largest absolute Gasteiger partial charge is 0.287 e.